The van der Waals surface area contributed by atoms with Crippen molar-refractivity contribution < 1.29 is 4.79 Å². The summed E-state index contributed by atoms with van der Waals surface area (Å²) in [6, 6.07) is 7.85. The lowest BCUT2D eigenvalue weighted by Gasteiger charge is -2.13. The second-order valence-corrected chi connectivity index (χ2v) is 5.70. The average molecular weight is 312 g/mol. The van der Waals surface area contributed by atoms with Crippen molar-refractivity contribution >= 4 is 16.9 Å². The number of aryl methyl sites for hydroxylation is 2. The molecule has 1 amide bonds. The van der Waals surface area contributed by atoms with Crippen LogP contribution >= 0.6 is 0 Å². The van der Waals surface area contributed by atoms with Gasteiger partial charge in [0.2, 0.25) is 5.91 Å². The lowest BCUT2D eigenvalue weighted by Crippen LogP contribution is -2.30. The van der Waals surface area contributed by atoms with Gasteiger partial charge in [-0.25, -0.2) is 4.68 Å². The summed E-state index contributed by atoms with van der Waals surface area (Å²) >= 11 is 0. The summed E-state index contributed by atoms with van der Waals surface area (Å²) in [5.41, 5.74) is 2.90. The van der Waals surface area contributed by atoms with Gasteiger partial charge in [-0.3, -0.25) is 9.48 Å². The standard InChI is InChI=1S/C16H20N6O/c1-12-9-18-22(11-12)13(2)10-17-16(23)7-8-21-15-6-4-3-5-14(15)19-20-21/h3-6,9,11,13H,7-8,10H2,1-2H3,(H,17,23)/t13-/m0/s1. The van der Waals surface area contributed by atoms with Crippen molar-refractivity contribution in [2.45, 2.75) is 32.9 Å². The van der Waals surface area contributed by atoms with E-state index < -0.39 is 0 Å². The third kappa shape index (κ3) is 3.56. The van der Waals surface area contributed by atoms with E-state index in [0.717, 1.165) is 16.6 Å². The number of amides is 1. The fourth-order valence-electron chi connectivity index (χ4n) is 2.41. The number of rotatable bonds is 6. The zero-order chi connectivity index (χ0) is 16.2. The van der Waals surface area contributed by atoms with E-state index in [1.807, 2.05) is 55.2 Å². The SMILES string of the molecule is Cc1cnn([C@@H](C)CNC(=O)CCn2nnc3ccccc32)c1. The van der Waals surface area contributed by atoms with Crippen LogP contribution in [0.5, 0.6) is 0 Å². The highest BCUT2D eigenvalue weighted by atomic mass is 16.1. The van der Waals surface area contributed by atoms with Crippen molar-refractivity contribution in [3.8, 4) is 0 Å². The monoisotopic (exact) mass is 312 g/mol. The normalized spacial score (nSPS) is 12.4. The molecule has 0 fully saturated rings. The van der Waals surface area contributed by atoms with Crippen LogP contribution in [0.2, 0.25) is 0 Å². The van der Waals surface area contributed by atoms with Gasteiger partial charge in [0.05, 0.1) is 24.3 Å². The molecule has 7 heteroatoms. The molecule has 2 aromatic heterocycles. The fraction of sp³-hybridized carbons (Fsp3) is 0.375. The molecule has 0 aliphatic carbocycles. The molecule has 0 aliphatic rings. The Balaban J connectivity index is 1.50. The number of benzene rings is 1. The van der Waals surface area contributed by atoms with Crippen LogP contribution in [0.3, 0.4) is 0 Å². The Morgan fingerprint density at radius 2 is 2.17 bits per heavy atom. The van der Waals surface area contributed by atoms with Crippen LogP contribution in [-0.2, 0) is 11.3 Å². The first-order valence-corrected chi connectivity index (χ1v) is 7.69. The minimum Gasteiger partial charge on any atom is -0.354 e. The van der Waals surface area contributed by atoms with Crippen molar-refractivity contribution in [3.05, 3.63) is 42.2 Å². The largest absolute Gasteiger partial charge is 0.354 e. The van der Waals surface area contributed by atoms with E-state index in [-0.39, 0.29) is 11.9 Å². The molecular formula is C16H20N6O. The van der Waals surface area contributed by atoms with Crippen LogP contribution in [0, 0.1) is 6.92 Å². The second kappa shape index (κ2) is 6.60. The van der Waals surface area contributed by atoms with Crippen molar-refractivity contribution in [3.63, 3.8) is 0 Å². The molecule has 0 bridgehead atoms. The molecule has 1 N–H and O–H groups in total. The van der Waals surface area contributed by atoms with Crippen LogP contribution in [0.15, 0.2) is 36.7 Å². The number of fused-ring (bicyclic) bond motifs is 1. The minimum absolute atomic E-state index is 0.000286. The third-order valence-corrected chi connectivity index (χ3v) is 3.75. The van der Waals surface area contributed by atoms with Gasteiger partial charge in [-0.1, -0.05) is 17.3 Å². The highest BCUT2D eigenvalue weighted by molar-refractivity contribution is 5.77. The topological polar surface area (TPSA) is 77.6 Å². The summed E-state index contributed by atoms with van der Waals surface area (Å²) in [7, 11) is 0. The first-order valence-electron chi connectivity index (χ1n) is 7.69. The van der Waals surface area contributed by atoms with Gasteiger partial charge in [0.15, 0.2) is 0 Å². The molecule has 0 aliphatic heterocycles. The smallest absolute Gasteiger partial charge is 0.221 e. The minimum atomic E-state index is 0.000286. The molecule has 7 nitrogen and oxygen atoms in total. The van der Waals surface area contributed by atoms with Crippen LogP contribution < -0.4 is 5.32 Å². The summed E-state index contributed by atoms with van der Waals surface area (Å²) in [5.74, 6) is 0.000286. The molecule has 120 valence electrons. The maximum absolute atomic E-state index is 12.0. The van der Waals surface area contributed by atoms with Gasteiger partial charge in [0.25, 0.3) is 0 Å². The Labute approximate surface area is 134 Å². The Hall–Kier alpha value is -2.70. The molecule has 0 spiro atoms. The number of hydrogen-bond acceptors (Lipinski definition) is 4. The van der Waals surface area contributed by atoms with Crippen molar-refractivity contribution in [2.24, 2.45) is 0 Å². The quantitative estimate of drug-likeness (QED) is 0.751. The van der Waals surface area contributed by atoms with E-state index in [2.05, 4.69) is 20.7 Å². The molecule has 1 aromatic carbocycles. The molecule has 23 heavy (non-hydrogen) atoms. The Bertz CT molecular complexity index is 806. The molecule has 3 rings (SSSR count). The van der Waals surface area contributed by atoms with Crippen molar-refractivity contribution in [1.82, 2.24) is 30.1 Å². The van der Waals surface area contributed by atoms with E-state index in [1.165, 1.54) is 0 Å². The summed E-state index contributed by atoms with van der Waals surface area (Å²) in [5, 5.41) is 15.4. The Kier molecular flexibility index (Phi) is 4.36. The summed E-state index contributed by atoms with van der Waals surface area (Å²) < 4.78 is 3.62. The Morgan fingerprint density at radius 1 is 1.35 bits per heavy atom. The molecule has 2 heterocycles. The number of nitrogens with zero attached hydrogens (tertiary/aromatic N) is 5. The number of carbonyl (C=O) groups excluding carboxylic acids is 1. The van der Waals surface area contributed by atoms with E-state index in [1.54, 1.807) is 4.68 Å². The predicted molar refractivity (Wildman–Crippen MR) is 86.8 cm³/mol. The second-order valence-electron chi connectivity index (χ2n) is 5.70. The molecule has 0 saturated carbocycles. The summed E-state index contributed by atoms with van der Waals surface area (Å²) in [6.45, 7) is 5.09. The maximum Gasteiger partial charge on any atom is 0.221 e. The third-order valence-electron chi connectivity index (χ3n) is 3.75. The molecular weight excluding hydrogens is 292 g/mol. The van der Waals surface area contributed by atoms with E-state index in [0.29, 0.717) is 19.5 Å². The highest BCUT2D eigenvalue weighted by Gasteiger charge is 2.09. The van der Waals surface area contributed by atoms with Crippen LogP contribution in [0.4, 0.5) is 0 Å². The first kappa shape index (κ1) is 15.2. The van der Waals surface area contributed by atoms with E-state index in [4.69, 9.17) is 0 Å². The van der Waals surface area contributed by atoms with Crippen molar-refractivity contribution in [1.29, 1.82) is 0 Å². The molecule has 0 unspecified atom stereocenters. The van der Waals surface area contributed by atoms with Gasteiger partial charge in [-0.2, -0.15) is 5.10 Å². The lowest BCUT2D eigenvalue weighted by molar-refractivity contribution is -0.121. The lowest BCUT2D eigenvalue weighted by atomic mass is 10.3. The van der Waals surface area contributed by atoms with Crippen molar-refractivity contribution in [2.75, 3.05) is 6.54 Å². The zero-order valence-electron chi connectivity index (χ0n) is 13.3. The van der Waals surface area contributed by atoms with Gasteiger partial charge in [-0.05, 0) is 31.5 Å². The summed E-state index contributed by atoms with van der Waals surface area (Å²) in [4.78, 5) is 12.0. The Morgan fingerprint density at radius 3 is 2.96 bits per heavy atom. The van der Waals surface area contributed by atoms with Gasteiger partial charge in [0.1, 0.15) is 5.52 Å². The number of hydrogen-bond donors (Lipinski definition) is 1. The van der Waals surface area contributed by atoms with Gasteiger partial charge < -0.3 is 5.32 Å². The molecule has 0 saturated heterocycles. The van der Waals surface area contributed by atoms with Crippen LogP contribution in [-0.4, -0.2) is 37.2 Å². The maximum atomic E-state index is 12.0. The van der Waals surface area contributed by atoms with Gasteiger partial charge in [-0.15, -0.1) is 5.10 Å². The molecule has 3 aromatic rings. The molecule has 1 atom stereocenters. The first-order chi connectivity index (χ1) is 11.1. The fourth-order valence-corrected chi connectivity index (χ4v) is 2.41. The van der Waals surface area contributed by atoms with Gasteiger partial charge in [0, 0.05) is 19.2 Å². The number of nitrogens with one attached hydrogen (secondary N) is 1. The highest BCUT2D eigenvalue weighted by Crippen LogP contribution is 2.10. The van der Waals surface area contributed by atoms with Gasteiger partial charge >= 0.3 is 0 Å². The zero-order valence-corrected chi connectivity index (χ0v) is 13.3. The average Bonchev–Trinajstić information content (AvgIpc) is 3.17. The predicted octanol–water partition coefficient (Wildman–Crippen LogP) is 1.70. The van der Waals surface area contributed by atoms with E-state index in [9.17, 15) is 4.79 Å². The van der Waals surface area contributed by atoms with E-state index >= 15 is 0 Å². The molecule has 0 radical (unpaired) electrons. The van der Waals surface area contributed by atoms with Crippen LogP contribution in [0.25, 0.3) is 11.0 Å². The summed E-state index contributed by atoms with van der Waals surface area (Å²) in [6.07, 6.45) is 4.16. The van der Waals surface area contributed by atoms with Crippen LogP contribution in [0.1, 0.15) is 24.9 Å². The number of carbonyl (C=O) groups is 1. The number of para-hydroxylation sites is 1. The number of aromatic nitrogens is 5.